The smallest absolute Gasteiger partial charge is 0.0991 e. The van der Waals surface area contributed by atoms with E-state index in [4.69, 9.17) is 4.98 Å². The van der Waals surface area contributed by atoms with Crippen molar-refractivity contribution in [3.05, 3.63) is 175 Å². The normalized spacial score (nSPS) is 11.6. The summed E-state index contributed by atoms with van der Waals surface area (Å²) in [7, 11) is 0. The highest BCUT2D eigenvalue weighted by Crippen LogP contribution is 2.46. The molecule has 10 aromatic rings. The lowest BCUT2D eigenvalue weighted by Crippen LogP contribution is -1.94. The quantitative estimate of drug-likeness (QED) is 0.144. The molecule has 2 nitrogen and oxygen atoms in total. The molecule has 0 fully saturated rings. The first-order valence-corrected chi connectivity index (χ1v) is 17.0. The second-order valence-electron chi connectivity index (χ2n) is 12.9. The number of pyridine rings is 1. The number of rotatable bonds is 3. The Labute approximate surface area is 289 Å². The van der Waals surface area contributed by atoms with Gasteiger partial charge in [0.15, 0.2) is 0 Å². The van der Waals surface area contributed by atoms with Crippen LogP contribution in [0.2, 0.25) is 0 Å². The molecular weight excluding hydrogens is 605 g/mol. The highest BCUT2D eigenvalue weighted by atomic mass is 14.7. The molecule has 0 N–H and O–H groups in total. The van der Waals surface area contributed by atoms with Crippen LogP contribution in [0.5, 0.6) is 0 Å². The molecule has 0 aliphatic heterocycles. The average Bonchev–Trinajstić information content (AvgIpc) is 3.19. The van der Waals surface area contributed by atoms with Gasteiger partial charge in [0.25, 0.3) is 0 Å². The fourth-order valence-corrected chi connectivity index (χ4v) is 8.08. The Morgan fingerprint density at radius 3 is 1.42 bits per heavy atom. The van der Waals surface area contributed by atoms with Crippen LogP contribution >= 0.6 is 0 Å². The lowest BCUT2D eigenvalue weighted by molar-refractivity contribution is 1.44. The standard InChI is InChI=1S/C48H28N2/c49-29-30-22-24-31(25-23-30)44-37-17-7-9-19-39(37)45(40-20-10-8-18-38(40)44)33-26-27-41-43(28-33)47(32-12-2-1-3-13-32)50-48-42-21-11-5-15-35(42)34-14-4-6-16-36(34)46(41)48/h1-28H. The molecule has 230 valence electrons. The van der Waals surface area contributed by atoms with Crippen LogP contribution in [-0.4, -0.2) is 4.98 Å². The molecule has 1 aromatic heterocycles. The molecule has 0 saturated heterocycles. The highest BCUT2D eigenvalue weighted by Gasteiger charge is 2.20. The van der Waals surface area contributed by atoms with E-state index in [2.05, 4.69) is 164 Å². The van der Waals surface area contributed by atoms with E-state index in [-0.39, 0.29) is 0 Å². The first kappa shape index (κ1) is 28.2. The van der Waals surface area contributed by atoms with Gasteiger partial charge < -0.3 is 0 Å². The Balaban J connectivity index is 1.35. The van der Waals surface area contributed by atoms with E-state index in [1.165, 1.54) is 65.0 Å². The van der Waals surface area contributed by atoms with Crippen LogP contribution in [0.1, 0.15) is 5.56 Å². The third-order valence-electron chi connectivity index (χ3n) is 10.2. The molecular formula is C48H28N2. The highest BCUT2D eigenvalue weighted by molar-refractivity contribution is 6.32. The van der Waals surface area contributed by atoms with Gasteiger partial charge in [-0.3, -0.25) is 0 Å². The Kier molecular flexibility index (Phi) is 6.28. The molecule has 0 amide bonds. The average molecular weight is 633 g/mol. The van der Waals surface area contributed by atoms with Gasteiger partial charge in [-0.25, -0.2) is 4.98 Å². The summed E-state index contributed by atoms with van der Waals surface area (Å²) in [4.78, 5) is 5.56. The number of benzene rings is 9. The van der Waals surface area contributed by atoms with Crippen molar-refractivity contribution in [3.8, 4) is 39.6 Å². The zero-order valence-electron chi connectivity index (χ0n) is 27.1. The van der Waals surface area contributed by atoms with Crippen molar-refractivity contribution in [1.82, 2.24) is 4.98 Å². The van der Waals surface area contributed by atoms with Gasteiger partial charge in [-0.1, -0.05) is 152 Å². The molecule has 9 aromatic carbocycles. The van der Waals surface area contributed by atoms with E-state index >= 15 is 0 Å². The first-order chi connectivity index (χ1) is 24.8. The van der Waals surface area contributed by atoms with Crippen molar-refractivity contribution >= 4 is 64.8 Å². The maximum absolute atomic E-state index is 9.48. The third kappa shape index (κ3) is 4.18. The summed E-state index contributed by atoms with van der Waals surface area (Å²) >= 11 is 0. The minimum atomic E-state index is 0.659. The fourth-order valence-electron chi connectivity index (χ4n) is 8.08. The summed E-state index contributed by atoms with van der Waals surface area (Å²) in [6.07, 6.45) is 0. The first-order valence-electron chi connectivity index (χ1n) is 17.0. The molecule has 0 spiro atoms. The van der Waals surface area contributed by atoms with Gasteiger partial charge in [-0.05, 0) is 83.5 Å². The Morgan fingerprint density at radius 1 is 0.360 bits per heavy atom. The number of nitriles is 1. The summed E-state index contributed by atoms with van der Waals surface area (Å²) in [6, 6.07) is 62.6. The molecule has 2 heteroatoms. The number of nitrogens with zero attached hydrogens (tertiary/aromatic N) is 2. The molecule has 0 aliphatic carbocycles. The largest absolute Gasteiger partial charge is 0.246 e. The van der Waals surface area contributed by atoms with E-state index in [1.54, 1.807) is 0 Å². The predicted molar refractivity (Wildman–Crippen MR) is 210 cm³/mol. The van der Waals surface area contributed by atoms with E-state index in [0.29, 0.717) is 5.56 Å². The molecule has 1 heterocycles. The number of hydrogen-bond donors (Lipinski definition) is 0. The van der Waals surface area contributed by atoms with Crippen molar-refractivity contribution in [2.24, 2.45) is 0 Å². The van der Waals surface area contributed by atoms with E-state index in [9.17, 15) is 5.26 Å². The topological polar surface area (TPSA) is 36.7 Å². The summed E-state index contributed by atoms with van der Waals surface area (Å²) in [6.45, 7) is 0. The molecule has 0 radical (unpaired) electrons. The zero-order chi connectivity index (χ0) is 33.2. The number of fused-ring (bicyclic) bond motifs is 10. The maximum Gasteiger partial charge on any atom is 0.0991 e. The zero-order valence-corrected chi connectivity index (χ0v) is 27.1. The van der Waals surface area contributed by atoms with Crippen molar-refractivity contribution in [3.63, 3.8) is 0 Å². The lowest BCUT2D eigenvalue weighted by atomic mass is 9.85. The van der Waals surface area contributed by atoms with Gasteiger partial charge in [0.1, 0.15) is 0 Å². The van der Waals surface area contributed by atoms with Gasteiger partial charge in [-0.15, -0.1) is 0 Å². The number of aromatic nitrogens is 1. The van der Waals surface area contributed by atoms with Crippen molar-refractivity contribution in [1.29, 1.82) is 5.26 Å². The monoisotopic (exact) mass is 632 g/mol. The molecule has 0 aliphatic rings. The lowest BCUT2D eigenvalue weighted by Gasteiger charge is -2.19. The number of hydrogen-bond acceptors (Lipinski definition) is 2. The van der Waals surface area contributed by atoms with Crippen LogP contribution in [0.3, 0.4) is 0 Å². The Hall–Kier alpha value is -6.82. The van der Waals surface area contributed by atoms with Gasteiger partial charge in [0.05, 0.1) is 22.8 Å². The minimum absolute atomic E-state index is 0.659. The SMILES string of the molecule is N#Cc1ccc(-c2c3ccccc3c(-c3ccc4c(c3)c(-c3ccccc3)nc3c5ccccc5c5ccccc5c43)c3ccccc23)cc1. The second kappa shape index (κ2) is 11.1. The second-order valence-corrected chi connectivity index (χ2v) is 12.9. The van der Waals surface area contributed by atoms with E-state index in [1.807, 2.05) is 12.1 Å². The molecule has 10 rings (SSSR count). The Morgan fingerprint density at radius 2 is 0.820 bits per heavy atom. The predicted octanol–water partition coefficient (Wildman–Crippen LogP) is 12.9. The molecule has 50 heavy (non-hydrogen) atoms. The maximum atomic E-state index is 9.48. The third-order valence-corrected chi connectivity index (χ3v) is 10.2. The minimum Gasteiger partial charge on any atom is -0.246 e. The van der Waals surface area contributed by atoms with E-state index < -0.39 is 0 Å². The van der Waals surface area contributed by atoms with Crippen LogP contribution in [0.15, 0.2) is 170 Å². The van der Waals surface area contributed by atoms with Crippen molar-refractivity contribution < 1.29 is 0 Å². The summed E-state index contributed by atoms with van der Waals surface area (Å²) < 4.78 is 0. The van der Waals surface area contributed by atoms with Gasteiger partial charge in [0, 0.05) is 21.7 Å². The molecule has 0 unspecified atom stereocenters. The van der Waals surface area contributed by atoms with Crippen molar-refractivity contribution in [2.45, 2.75) is 0 Å². The van der Waals surface area contributed by atoms with Gasteiger partial charge in [0.2, 0.25) is 0 Å². The summed E-state index contributed by atoms with van der Waals surface area (Å²) in [5.74, 6) is 0. The molecule has 0 saturated carbocycles. The van der Waals surface area contributed by atoms with Crippen LogP contribution in [-0.2, 0) is 0 Å². The molecule has 0 bridgehead atoms. The molecule has 0 atom stereocenters. The van der Waals surface area contributed by atoms with E-state index in [0.717, 1.165) is 33.3 Å². The van der Waals surface area contributed by atoms with Crippen LogP contribution < -0.4 is 0 Å². The van der Waals surface area contributed by atoms with Crippen LogP contribution in [0.25, 0.3) is 98.3 Å². The Bertz CT molecular complexity index is 2970. The van der Waals surface area contributed by atoms with Crippen LogP contribution in [0.4, 0.5) is 0 Å². The van der Waals surface area contributed by atoms with Crippen molar-refractivity contribution in [2.75, 3.05) is 0 Å². The summed E-state index contributed by atoms with van der Waals surface area (Å²) in [5, 5.41) is 22.6. The van der Waals surface area contributed by atoms with Gasteiger partial charge >= 0.3 is 0 Å². The fraction of sp³-hybridized carbons (Fsp3) is 0. The summed E-state index contributed by atoms with van der Waals surface area (Å²) in [5.41, 5.74) is 8.41. The van der Waals surface area contributed by atoms with Gasteiger partial charge in [-0.2, -0.15) is 5.26 Å². The van der Waals surface area contributed by atoms with Crippen LogP contribution in [0, 0.1) is 11.3 Å².